The number of aromatic amines is 1. The number of fused-ring (bicyclic) bond motifs is 1. The van der Waals surface area contributed by atoms with Crippen molar-refractivity contribution >= 4 is 34.3 Å². The molecule has 2 heterocycles. The van der Waals surface area contributed by atoms with Gasteiger partial charge in [0.05, 0.1) is 28.9 Å². The van der Waals surface area contributed by atoms with Gasteiger partial charge in [0.15, 0.2) is 0 Å². The molecule has 3 aromatic rings. The summed E-state index contributed by atoms with van der Waals surface area (Å²) in [6.07, 6.45) is -0.874. The Kier molecular flexibility index (Phi) is 6.83. The van der Waals surface area contributed by atoms with E-state index in [9.17, 15) is 31.5 Å². The Labute approximate surface area is 219 Å². The van der Waals surface area contributed by atoms with Crippen LogP contribution in [0, 0.1) is 17.6 Å². The molecule has 2 fully saturated rings. The van der Waals surface area contributed by atoms with Gasteiger partial charge in [-0.1, -0.05) is 18.5 Å². The molecule has 5 rings (SSSR count). The molecule has 2 aromatic carbocycles. The smallest absolute Gasteiger partial charge is 0.347 e. The van der Waals surface area contributed by atoms with Crippen molar-refractivity contribution in [3.05, 3.63) is 63.8 Å². The first-order chi connectivity index (χ1) is 18.0. The molecule has 1 saturated carbocycles. The minimum absolute atomic E-state index is 0.125. The van der Waals surface area contributed by atoms with Crippen molar-refractivity contribution in [1.29, 1.82) is 0 Å². The molecule has 1 aliphatic heterocycles. The fraction of sp³-hybridized carbons (Fsp3) is 0.423. The zero-order valence-electron chi connectivity index (χ0n) is 20.2. The molecule has 12 heteroatoms. The van der Waals surface area contributed by atoms with Gasteiger partial charge in [-0.25, -0.2) is 8.78 Å². The van der Waals surface area contributed by atoms with Gasteiger partial charge >= 0.3 is 6.18 Å². The maximum Gasteiger partial charge on any atom is 0.419 e. The number of likely N-dealkylation sites (tertiary alicyclic amines) is 1. The molecule has 6 nitrogen and oxygen atoms in total. The van der Waals surface area contributed by atoms with Crippen molar-refractivity contribution in [3.63, 3.8) is 0 Å². The zero-order chi connectivity index (χ0) is 27.4. The molecule has 202 valence electrons. The highest BCUT2D eigenvalue weighted by Crippen LogP contribution is 2.44. The number of H-pyrrole nitrogens is 1. The van der Waals surface area contributed by atoms with Gasteiger partial charge in [0.2, 0.25) is 5.91 Å². The van der Waals surface area contributed by atoms with Crippen LogP contribution < -0.4 is 5.32 Å². The third kappa shape index (κ3) is 4.83. The van der Waals surface area contributed by atoms with E-state index in [4.69, 9.17) is 11.6 Å². The molecule has 2 N–H and O–H groups in total. The summed E-state index contributed by atoms with van der Waals surface area (Å²) < 4.78 is 68.3. The van der Waals surface area contributed by atoms with E-state index in [-0.39, 0.29) is 29.2 Å². The number of benzene rings is 2. The molecule has 2 amide bonds. The molecule has 3 atom stereocenters. The first-order valence-electron chi connectivity index (χ1n) is 12.3. The molecular weight excluding hydrogens is 531 g/mol. The number of halogens is 6. The van der Waals surface area contributed by atoms with E-state index in [1.54, 1.807) is 6.07 Å². The second kappa shape index (κ2) is 9.83. The predicted molar refractivity (Wildman–Crippen MR) is 129 cm³/mol. The molecule has 0 spiro atoms. The molecule has 1 aliphatic carbocycles. The fourth-order valence-corrected chi connectivity index (χ4v) is 5.55. The monoisotopic (exact) mass is 554 g/mol. The maximum absolute atomic E-state index is 14.8. The largest absolute Gasteiger partial charge is 0.419 e. The number of carbonyl (C=O) groups is 2. The van der Waals surface area contributed by atoms with Crippen LogP contribution >= 0.6 is 11.6 Å². The van der Waals surface area contributed by atoms with Crippen LogP contribution in [0.3, 0.4) is 0 Å². The van der Waals surface area contributed by atoms with E-state index < -0.39 is 47.3 Å². The third-order valence-electron chi connectivity index (χ3n) is 7.37. The van der Waals surface area contributed by atoms with Crippen LogP contribution in [0.1, 0.15) is 66.6 Å². The van der Waals surface area contributed by atoms with Gasteiger partial charge in [-0.2, -0.15) is 18.3 Å². The first-order valence-corrected chi connectivity index (χ1v) is 12.7. The van der Waals surface area contributed by atoms with Gasteiger partial charge < -0.3 is 10.2 Å². The Morgan fingerprint density at radius 2 is 1.87 bits per heavy atom. The quantitative estimate of drug-likeness (QED) is 0.358. The number of rotatable bonds is 6. The molecule has 38 heavy (non-hydrogen) atoms. The van der Waals surface area contributed by atoms with Crippen molar-refractivity contribution in [2.45, 2.75) is 63.3 Å². The SMILES string of the molecule is CC[C@@H]1CC[C@H](C(=O)NC(c2cc(F)c(C(F)(F)F)cc2F)C2CC2)N1C(=O)c1cc(Cl)cc2cn[nH]c12. The number of amides is 2. The van der Waals surface area contributed by atoms with E-state index >= 15 is 0 Å². The standard InChI is InChI=1S/C26H24ClF5N4O2/c1-2-15-5-6-21(36(15)25(38)17-8-14(27)7-13-11-33-35-23(13)17)24(37)34-22(12-3-4-12)16-9-20(29)18(10-19(16)28)26(30,31)32/h7-12,15,21-22H,2-6H2,1H3,(H,33,35)(H,34,37)/t15-,21-,22?/m1/s1. The van der Waals surface area contributed by atoms with Crippen molar-refractivity contribution < 1.29 is 31.5 Å². The highest BCUT2D eigenvalue weighted by atomic mass is 35.5. The lowest BCUT2D eigenvalue weighted by Gasteiger charge is -2.31. The van der Waals surface area contributed by atoms with Gasteiger partial charge in [-0.15, -0.1) is 0 Å². The van der Waals surface area contributed by atoms with Crippen molar-refractivity contribution in [2.24, 2.45) is 5.92 Å². The van der Waals surface area contributed by atoms with E-state index in [1.165, 1.54) is 17.2 Å². The zero-order valence-corrected chi connectivity index (χ0v) is 21.0. The molecule has 1 saturated heterocycles. The van der Waals surface area contributed by atoms with Crippen molar-refractivity contribution in [3.8, 4) is 0 Å². The lowest BCUT2D eigenvalue weighted by atomic mass is 9.98. The summed E-state index contributed by atoms with van der Waals surface area (Å²) in [5.41, 5.74) is -1.33. The summed E-state index contributed by atoms with van der Waals surface area (Å²) >= 11 is 6.22. The number of carbonyl (C=O) groups excluding carboxylic acids is 2. The predicted octanol–water partition coefficient (Wildman–Crippen LogP) is 6.16. The molecule has 1 aromatic heterocycles. The van der Waals surface area contributed by atoms with E-state index in [1.807, 2.05) is 6.92 Å². The number of hydrogen-bond donors (Lipinski definition) is 2. The second-order valence-electron chi connectivity index (χ2n) is 9.83. The summed E-state index contributed by atoms with van der Waals surface area (Å²) in [4.78, 5) is 28.8. The van der Waals surface area contributed by atoms with Crippen LogP contribution in [0.5, 0.6) is 0 Å². The summed E-state index contributed by atoms with van der Waals surface area (Å²) in [7, 11) is 0. The highest BCUT2D eigenvalue weighted by molar-refractivity contribution is 6.32. The van der Waals surface area contributed by atoms with Gasteiger partial charge in [0.25, 0.3) is 5.91 Å². The molecule has 2 aliphatic rings. The van der Waals surface area contributed by atoms with Crippen LogP contribution in [-0.2, 0) is 11.0 Å². The van der Waals surface area contributed by atoms with Crippen molar-refractivity contribution in [1.82, 2.24) is 20.4 Å². The molecular formula is C26H24ClF5N4O2. The first kappa shape index (κ1) is 26.4. The summed E-state index contributed by atoms with van der Waals surface area (Å²) in [6, 6.07) is 1.59. The third-order valence-corrected chi connectivity index (χ3v) is 7.59. The van der Waals surface area contributed by atoms with Crippen LogP contribution in [0.4, 0.5) is 22.0 Å². The van der Waals surface area contributed by atoms with Crippen molar-refractivity contribution in [2.75, 3.05) is 0 Å². The minimum Gasteiger partial charge on any atom is -0.347 e. The van der Waals surface area contributed by atoms with Gasteiger partial charge in [0, 0.05) is 22.0 Å². The van der Waals surface area contributed by atoms with Crippen LogP contribution in [0.25, 0.3) is 10.9 Å². The Morgan fingerprint density at radius 3 is 2.53 bits per heavy atom. The van der Waals surface area contributed by atoms with Gasteiger partial charge in [0.1, 0.15) is 17.7 Å². The van der Waals surface area contributed by atoms with E-state index in [0.717, 1.165) is 0 Å². The van der Waals surface area contributed by atoms with E-state index in [2.05, 4.69) is 15.5 Å². The lowest BCUT2D eigenvalue weighted by Crippen LogP contribution is -2.49. The average Bonchev–Trinajstić information content (AvgIpc) is 3.42. The molecule has 1 unspecified atom stereocenters. The van der Waals surface area contributed by atoms with Gasteiger partial charge in [-0.3, -0.25) is 14.7 Å². The number of nitrogens with one attached hydrogen (secondary N) is 2. The Balaban J connectivity index is 1.45. The van der Waals surface area contributed by atoms with Gasteiger partial charge in [-0.05, 0) is 62.3 Å². The fourth-order valence-electron chi connectivity index (χ4n) is 5.32. The van der Waals surface area contributed by atoms with Crippen LogP contribution in [-0.4, -0.2) is 39.0 Å². The molecule has 0 bridgehead atoms. The molecule has 0 radical (unpaired) electrons. The second-order valence-corrected chi connectivity index (χ2v) is 10.3. The van der Waals surface area contributed by atoms with Crippen LogP contribution in [0.15, 0.2) is 30.5 Å². The number of aromatic nitrogens is 2. The summed E-state index contributed by atoms with van der Waals surface area (Å²) in [5, 5.41) is 10.4. The number of nitrogens with zero attached hydrogens (tertiary/aromatic N) is 2. The normalized spacial score (nSPS) is 20.7. The number of hydrogen-bond acceptors (Lipinski definition) is 3. The summed E-state index contributed by atoms with van der Waals surface area (Å²) in [6.45, 7) is 1.89. The Morgan fingerprint density at radius 1 is 1.13 bits per heavy atom. The highest BCUT2D eigenvalue weighted by Gasteiger charge is 2.44. The number of alkyl halides is 3. The van der Waals surface area contributed by atoms with E-state index in [0.29, 0.717) is 54.1 Å². The summed E-state index contributed by atoms with van der Waals surface area (Å²) in [5.74, 6) is -4.12. The van der Waals surface area contributed by atoms with Crippen LogP contribution in [0.2, 0.25) is 5.02 Å². The minimum atomic E-state index is -5.05. The lowest BCUT2D eigenvalue weighted by molar-refractivity contribution is -0.140. The Hall–Kier alpha value is -3.21. The maximum atomic E-state index is 14.8. The topological polar surface area (TPSA) is 78.1 Å². The average molecular weight is 555 g/mol. The Bertz CT molecular complexity index is 1400.